The van der Waals surface area contributed by atoms with E-state index in [-0.39, 0.29) is 10.6 Å². The Morgan fingerprint density at radius 3 is 2.89 bits per heavy atom. The summed E-state index contributed by atoms with van der Waals surface area (Å²) >= 11 is 7.78. The van der Waals surface area contributed by atoms with Gasteiger partial charge in [-0.15, -0.1) is 11.3 Å². The first-order chi connectivity index (χ1) is 9.13. The number of anilines is 1. The lowest BCUT2D eigenvalue weighted by Gasteiger charge is -2.22. The predicted molar refractivity (Wildman–Crippen MR) is 77.2 cm³/mol. The third-order valence-corrected chi connectivity index (χ3v) is 3.94. The molecule has 0 spiro atoms. The van der Waals surface area contributed by atoms with Crippen LogP contribution in [0, 0.1) is 0 Å². The van der Waals surface area contributed by atoms with Crippen LogP contribution in [0.2, 0.25) is 5.02 Å². The number of carboxylic acids is 1. The van der Waals surface area contributed by atoms with Gasteiger partial charge in [0.05, 0.1) is 17.1 Å². The average Bonchev–Trinajstić information content (AvgIpc) is 2.89. The van der Waals surface area contributed by atoms with Crippen molar-refractivity contribution in [2.75, 3.05) is 11.4 Å². The van der Waals surface area contributed by atoms with Crippen molar-refractivity contribution in [2.45, 2.75) is 13.5 Å². The van der Waals surface area contributed by atoms with Crippen LogP contribution in [0.25, 0.3) is 0 Å². The monoisotopic (exact) mass is 296 g/mol. The van der Waals surface area contributed by atoms with E-state index in [9.17, 15) is 4.79 Å². The van der Waals surface area contributed by atoms with Crippen LogP contribution >= 0.6 is 22.9 Å². The van der Waals surface area contributed by atoms with Crippen LogP contribution in [-0.4, -0.2) is 22.6 Å². The molecule has 2 rings (SSSR count). The van der Waals surface area contributed by atoms with Crippen molar-refractivity contribution in [3.8, 4) is 0 Å². The van der Waals surface area contributed by atoms with Gasteiger partial charge in [-0.3, -0.25) is 0 Å². The van der Waals surface area contributed by atoms with Crippen molar-refractivity contribution in [3.63, 3.8) is 0 Å². The second-order valence-corrected chi connectivity index (χ2v) is 5.31. The molecule has 0 fully saturated rings. The van der Waals surface area contributed by atoms with Crippen molar-refractivity contribution < 1.29 is 9.90 Å². The minimum absolute atomic E-state index is 0.0799. The highest BCUT2D eigenvalue weighted by atomic mass is 35.5. The summed E-state index contributed by atoms with van der Waals surface area (Å²) in [7, 11) is 0. The van der Waals surface area contributed by atoms with Crippen molar-refractivity contribution in [1.29, 1.82) is 0 Å². The van der Waals surface area contributed by atoms with Gasteiger partial charge in [0, 0.05) is 17.6 Å². The molecule has 0 atom stereocenters. The first kappa shape index (κ1) is 13.8. The molecular formula is C13H13ClN2O2S. The number of nitrogens with zero attached hydrogens (tertiary/aromatic N) is 2. The number of aromatic nitrogens is 1. The SMILES string of the molecule is CCN(Cc1cccs1)c1nccc(C(=O)O)c1Cl. The van der Waals surface area contributed by atoms with E-state index in [1.54, 1.807) is 11.3 Å². The zero-order chi connectivity index (χ0) is 13.8. The normalized spacial score (nSPS) is 10.4. The van der Waals surface area contributed by atoms with Crippen molar-refractivity contribution in [2.24, 2.45) is 0 Å². The fourth-order valence-corrected chi connectivity index (χ4v) is 2.78. The Labute approximate surface area is 120 Å². The Morgan fingerprint density at radius 2 is 2.32 bits per heavy atom. The molecule has 2 heterocycles. The summed E-state index contributed by atoms with van der Waals surface area (Å²) in [5, 5.41) is 11.3. The van der Waals surface area contributed by atoms with Gasteiger partial charge in [-0.05, 0) is 24.4 Å². The lowest BCUT2D eigenvalue weighted by atomic mass is 10.2. The molecule has 0 radical (unpaired) electrons. The third kappa shape index (κ3) is 3.05. The molecule has 0 saturated carbocycles. The second kappa shape index (κ2) is 6.04. The van der Waals surface area contributed by atoms with E-state index in [1.165, 1.54) is 17.1 Å². The molecule has 6 heteroatoms. The van der Waals surface area contributed by atoms with E-state index in [1.807, 2.05) is 29.3 Å². The van der Waals surface area contributed by atoms with Crippen molar-refractivity contribution in [1.82, 2.24) is 4.98 Å². The smallest absolute Gasteiger partial charge is 0.337 e. The fourth-order valence-electron chi connectivity index (χ4n) is 1.75. The number of carbonyl (C=O) groups is 1. The van der Waals surface area contributed by atoms with Crippen LogP contribution < -0.4 is 4.90 Å². The summed E-state index contributed by atoms with van der Waals surface area (Å²) in [4.78, 5) is 18.4. The first-order valence-corrected chi connectivity index (χ1v) is 7.04. The maximum absolute atomic E-state index is 11.1. The number of hydrogen-bond donors (Lipinski definition) is 1. The van der Waals surface area contributed by atoms with Gasteiger partial charge >= 0.3 is 5.97 Å². The van der Waals surface area contributed by atoms with Crippen LogP contribution in [0.3, 0.4) is 0 Å². The minimum Gasteiger partial charge on any atom is -0.478 e. The summed E-state index contributed by atoms with van der Waals surface area (Å²) in [5.41, 5.74) is 0.0799. The number of rotatable bonds is 5. The molecule has 0 aliphatic rings. The van der Waals surface area contributed by atoms with Gasteiger partial charge in [0.15, 0.2) is 0 Å². The van der Waals surface area contributed by atoms with Gasteiger partial charge in [-0.2, -0.15) is 0 Å². The van der Waals surface area contributed by atoms with E-state index in [4.69, 9.17) is 16.7 Å². The zero-order valence-corrected chi connectivity index (χ0v) is 11.9. The molecular weight excluding hydrogens is 284 g/mol. The highest BCUT2D eigenvalue weighted by Crippen LogP contribution is 2.28. The van der Waals surface area contributed by atoms with Gasteiger partial charge in [0.1, 0.15) is 5.82 Å². The lowest BCUT2D eigenvalue weighted by molar-refractivity contribution is 0.0697. The highest BCUT2D eigenvalue weighted by Gasteiger charge is 2.17. The lowest BCUT2D eigenvalue weighted by Crippen LogP contribution is -2.23. The molecule has 1 N–H and O–H groups in total. The van der Waals surface area contributed by atoms with Gasteiger partial charge < -0.3 is 10.0 Å². The standard InChI is InChI=1S/C13H13ClN2O2S/c1-2-16(8-9-4-3-7-19-9)12-11(14)10(13(17)18)5-6-15-12/h3-7H,2,8H2,1H3,(H,17,18). The molecule has 0 aromatic carbocycles. The molecule has 2 aromatic rings. The van der Waals surface area contributed by atoms with Crippen molar-refractivity contribution >= 4 is 34.7 Å². The Hall–Kier alpha value is -1.59. The molecule has 0 unspecified atom stereocenters. The minimum atomic E-state index is -1.04. The van der Waals surface area contributed by atoms with Gasteiger partial charge in [-0.1, -0.05) is 17.7 Å². The molecule has 4 nitrogen and oxygen atoms in total. The van der Waals surface area contributed by atoms with Gasteiger partial charge in [0.25, 0.3) is 0 Å². The zero-order valence-electron chi connectivity index (χ0n) is 10.3. The fraction of sp³-hybridized carbons (Fsp3) is 0.231. The van der Waals surface area contributed by atoms with Crippen LogP contribution in [0.5, 0.6) is 0 Å². The number of carboxylic acid groups (broad SMARTS) is 1. The average molecular weight is 297 g/mol. The molecule has 19 heavy (non-hydrogen) atoms. The Morgan fingerprint density at radius 1 is 1.53 bits per heavy atom. The number of halogens is 1. The second-order valence-electron chi connectivity index (χ2n) is 3.89. The Kier molecular flexibility index (Phi) is 4.39. The number of aromatic carboxylic acids is 1. The Balaban J connectivity index is 2.33. The Bertz CT molecular complexity index is 572. The molecule has 2 aromatic heterocycles. The van der Waals surface area contributed by atoms with E-state index in [2.05, 4.69) is 4.98 Å². The number of pyridine rings is 1. The predicted octanol–water partition coefficient (Wildman–Crippen LogP) is 3.52. The molecule has 0 aliphatic carbocycles. The van der Waals surface area contributed by atoms with Crippen LogP contribution in [0.1, 0.15) is 22.2 Å². The van der Waals surface area contributed by atoms with E-state index in [0.29, 0.717) is 18.9 Å². The van der Waals surface area contributed by atoms with E-state index >= 15 is 0 Å². The van der Waals surface area contributed by atoms with Crippen LogP contribution in [0.15, 0.2) is 29.8 Å². The summed E-state index contributed by atoms with van der Waals surface area (Å²) in [6, 6.07) is 5.42. The third-order valence-electron chi connectivity index (χ3n) is 2.71. The van der Waals surface area contributed by atoms with Crippen LogP contribution in [0.4, 0.5) is 5.82 Å². The number of thiophene rings is 1. The van der Waals surface area contributed by atoms with E-state index < -0.39 is 5.97 Å². The quantitative estimate of drug-likeness (QED) is 0.917. The first-order valence-electron chi connectivity index (χ1n) is 5.78. The number of hydrogen-bond acceptors (Lipinski definition) is 4. The molecule has 0 aliphatic heterocycles. The largest absolute Gasteiger partial charge is 0.478 e. The molecule has 0 amide bonds. The van der Waals surface area contributed by atoms with E-state index in [0.717, 1.165) is 0 Å². The topological polar surface area (TPSA) is 53.4 Å². The summed E-state index contributed by atoms with van der Waals surface area (Å²) in [6.07, 6.45) is 1.47. The summed E-state index contributed by atoms with van der Waals surface area (Å²) in [6.45, 7) is 3.36. The van der Waals surface area contributed by atoms with Crippen LogP contribution in [-0.2, 0) is 6.54 Å². The van der Waals surface area contributed by atoms with Crippen molar-refractivity contribution in [3.05, 3.63) is 45.2 Å². The summed E-state index contributed by atoms with van der Waals surface area (Å²) in [5.74, 6) is -0.529. The highest BCUT2D eigenvalue weighted by molar-refractivity contribution is 7.09. The maximum atomic E-state index is 11.1. The molecule has 0 bridgehead atoms. The summed E-state index contributed by atoms with van der Waals surface area (Å²) < 4.78 is 0. The maximum Gasteiger partial charge on any atom is 0.337 e. The van der Waals surface area contributed by atoms with Gasteiger partial charge in [0.2, 0.25) is 0 Å². The molecule has 0 saturated heterocycles. The molecule has 100 valence electrons. The van der Waals surface area contributed by atoms with Gasteiger partial charge in [-0.25, -0.2) is 9.78 Å².